The lowest BCUT2D eigenvalue weighted by Gasteiger charge is -2.27. The van der Waals surface area contributed by atoms with Crippen molar-refractivity contribution in [1.82, 2.24) is 5.32 Å². The van der Waals surface area contributed by atoms with Gasteiger partial charge in [0.15, 0.2) is 0 Å². The Kier molecular flexibility index (Phi) is 10.2. The Bertz CT molecular complexity index is 1010. The number of carboxylic acids is 1. The highest BCUT2D eigenvalue weighted by Crippen LogP contribution is 2.16. The molecule has 0 saturated carbocycles. The van der Waals surface area contributed by atoms with E-state index in [1.807, 2.05) is 20.8 Å². The normalized spacial score (nSPS) is 13.7. The van der Waals surface area contributed by atoms with Gasteiger partial charge < -0.3 is 24.6 Å². The van der Waals surface area contributed by atoms with Crippen molar-refractivity contribution >= 4 is 35.5 Å². The summed E-state index contributed by atoms with van der Waals surface area (Å²) in [6, 6.07) is 15.2. The van der Waals surface area contributed by atoms with E-state index in [-0.39, 0.29) is 29.1 Å². The Morgan fingerprint density at radius 1 is 0.829 bits per heavy atom. The first-order valence-corrected chi connectivity index (χ1v) is 11.3. The number of esters is 3. The van der Waals surface area contributed by atoms with Crippen molar-refractivity contribution in [3.8, 4) is 0 Å². The van der Waals surface area contributed by atoms with E-state index in [1.54, 1.807) is 36.4 Å². The third kappa shape index (κ3) is 9.03. The molecule has 0 radical (unpaired) electrons. The lowest BCUT2D eigenvalue weighted by atomic mass is 10.1. The van der Waals surface area contributed by atoms with Crippen LogP contribution in [0.3, 0.4) is 0 Å². The van der Waals surface area contributed by atoms with Crippen molar-refractivity contribution in [3.63, 3.8) is 0 Å². The van der Waals surface area contributed by atoms with Crippen LogP contribution < -0.4 is 5.32 Å². The van der Waals surface area contributed by atoms with Crippen LogP contribution >= 0.6 is 11.6 Å². The van der Waals surface area contributed by atoms with Crippen LogP contribution in [-0.4, -0.2) is 65.3 Å². The summed E-state index contributed by atoms with van der Waals surface area (Å²) in [5.41, 5.74) is -0.203. The summed E-state index contributed by atoms with van der Waals surface area (Å²) < 4.78 is 15.6. The molecule has 188 valence electrons. The summed E-state index contributed by atoms with van der Waals surface area (Å²) in [4.78, 5) is 50.2. The van der Waals surface area contributed by atoms with Gasteiger partial charge in [-0.25, -0.2) is 19.2 Å². The topological polar surface area (TPSA) is 128 Å². The predicted molar refractivity (Wildman–Crippen MR) is 127 cm³/mol. The van der Waals surface area contributed by atoms with Crippen molar-refractivity contribution in [2.24, 2.45) is 0 Å². The van der Waals surface area contributed by atoms with Crippen LogP contribution in [0.15, 0.2) is 60.7 Å². The van der Waals surface area contributed by atoms with Gasteiger partial charge in [-0.15, -0.1) is 11.6 Å². The standard InChI is InChI=1S/C25H28ClNO8/c1-25(2,3)27-15-18(14-26)33-24(32)20(35-23(31)17-12-8-5-9-13-17)19(21(28)29)34-22(30)16-10-6-4-7-11-16/h4-13,18-20,27H,14-15H2,1-3H3,(H,28,29). The number of aliphatic carboxylic acids is 1. The highest BCUT2D eigenvalue weighted by Gasteiger charge is 2.43. The fourth-order valence-corrected chi connectivity index (χ4v) is 2.94. The van der Waals surface area contributed by atoms with Crippen LogP contribution in [0.5, 0.6) is 0 Å². The lowest BCUT2D eigenvalue weighted by molar-refractivity contribution is -0.173. The smallest absolute Gasteiger partial charge is 0.352 e. The Morgan fingerprint density at radius 3 is 1.69 bits per heavy atom. The van der Waals surface area contributed by atoms with E-state index in [2.05, 4.69) is 5.32 Å². The number of hydrogen-bond donors (Lipinski definition) is 2. The van der Waals surface area contributed by atoms with E-state index in [1.165, 1.54) is 24.3 Å². The number of alkyl halides is 1. The van der Waals surface area contributed by atoms with E-state index in [4.69, 9.17) is 25.8 Å². The average molecular weight is 506 g/mol. The van der Waals surface area contributed by atoms with Gasteiger partial charge in [-0.3, -0.25) is 0 Å². The maximum Gasteiger partial charge on any atom is 0.352 e. The molecule has 3 unspecified atom stereocenters. The molecule has 0 aliphatic rings. The number of benzene rings is 2. The monoisotopic (exact) mass is 505 g/mol. The first-order chi connectivity index (χ1) is 16.5. The zero-order valence-electron chi connectivity index (χ0n) is 19.6. The summed E-state index contributed by atoms with van der Waals surface area (Å²) in [7, 11) is 0. The Balaban J connectivity index is 2.30. The molecule has 35 heavy (non-hydrogen) atoms. The maximum atomic E-state index is 13.0. The minimum atomic E-state index is -2.17. The fourth-order valence-electron chi connectivity index (χ4n) is 2.77. The van der Waals surface area contributed by atoms with E-state index in [0.29, 0.717) is 0 Å². The van der Waals surface area contributed by atoms with Gasteiger partial charge >= 0.3 is 23.9 Å². The van der Waals surface area contributed by atoms with E-state index >= 15 is 0 Å². The van der Waals surface area contributed by atoms with Crippen molar-refractivity contribution in [2.75, 3.05) is 12.4 Å². The van der Waals surface area contributed by atoms with E-state index < -0.39 is 42.2 Å². The molecule has 0 aliphatic heterocycles. The first kappa shape index (κ1) is 27.8. The SMILES string of the molecule is CC(C)(C)NCC(CCl)OC(=O)C(OC(=O)c1ccccc1)C(OC(=O)c1ccccc1)C(=O)O. The second kappa shape index (κ2) is 12.9. The van der Waals surface area contributed by atoms with Gasteiger partial charge in [0.05, 0.1) is 17.0 Å². The molecule has 0 fully saturated rings. The molecule has 10 heteroatoms. The van der Waals surface area contributed by atoms with Crippen molar-refractivity contribution in [1.29, 1.82) is 0 Å². The van der Waals surface area contributed by atoms with Crippen LogP contribution in [0.4, 0.5) is 0 Å². The van der Waals surface area contributed by atoms with Gasteiger partial charge in [-0.1, -0.05) is 36.4 Å². The summed E-state index contributed by atoms with van der Waals surface area (Å²) in [5.74, 6) is -5.05. The van der Waals surface area contributed by atoms with Crippen molar-refractivity contribution in [3.05, 3.63) is 71.8 Å². The number of carboxylic acid groups (broad SMARTS) is 1. The zero-order valence-corrected chi connectivity index (χ0v) is 20.4. The minimum absolute atomic E-state index is 0.0493. The largest absolute Gasteiger partial charge is 0.478 e. The average Bonchev–Trinajstić information content (AvgIpc) is 2.83. The van der Waals surface area contributed by atoms with Crippen LogP contribution in [0.1, 0.15) is 41.5 Å². The number of hydrogen-bond acceptors (Lipinski definition) is 8. The third-order valence-electron chi connectivity index (χ3n) is 4.55. The molecule has 2 N–H and O–H groups in total. The number of nitrogens with one attached hydrogen (secondary N) is 1. The molecule has 0 aliphatic carbocycles. The molecule has 2 aromatic rings. The molecule has 0 amide bonds. The quantitative estimate of drug-likeness (QED) is 0.269. The molecule has 0 heterocycles. The minimum Gasteiger partial charge on any atom is -0.478 e. The maximum absolute atomic E-state index is 13.0. The van der Waals surface area contributed by atoms with Gasteiger partial charge in [0.2, 0.25) is 12.2 Å². The van der Waals surface area contributed by atoms with Crippen LogP contribution in [0.2, 0.25) is 0 Å². The van der Waals surface area contributed by atoms with Crippen LogP contribution in [0, 0.1) is 0 Å². The van der Waals surface area contributed by atoms with Crippen molar-refractivity contribution in [2.45, 2.75) is 44.6 Å². The van der Waals surface area contributed by atoms with Crippen LogP contribution in [0.25, 0.3) is 0 Å². The second-order valence-electron chi connectivity index (χ2n) is 8.57. The predicted octanol–water partition coefficient (Wildman–Crippen LogP) is 3.06. The number of ether oxygens (including phenoxy) is 3. The molecule has 3 atom stereocenters. The summed E-state index contributed by atoms with van der Waals surface area (Å²) in [5, 5.41) is 12.9. The molecule has 0 bridgehead atoms. The zero-order chi connectivity index (χ0) is 26.0. The summed E-state index contributed by atoms with van der Waals surface area (Å²) >= 11 is 5.93. The van der Waals surface area contributed by atoms with Gasteiger partial charge in [0.25, 0.3) is 0 Å². The van der Waals surface area contributed by atoms with Gasteiger partial charge in [0.1, 0.15) is 6.10 Å². The fraction of sp³-hybridized carbons (Fsp3) is 0.360. The molecule has 9 nitrogen and oxygen atoms in total. The molecule has 0 saturated heterocycles. The Morgan fingerprint density at radius 2 is 1.29 bits per heavy atom. The number of halogens is 1. The molecule has 2 rings (SSSR count). The van der Waals surface area contributed by atoms with E-state index in [0.717, 1.165) is 0 Å². The molecule has 0 aromatic heterocycles. The summed E-state index contributed by atoms with van der Waals surface area (Å²) in [6.07, 6.45) is -5.14. The number of carbonyl (C=O) groups excluding carboxylic acids is 3. The Hall–Kier alpha value is -3.43. The lowest BCUT2D eigenvalue weighted by Crippen LogP contribution is -2.49. The van der Waals surface area contributed by atoms with Gasteiger partial charge in [0, 0.05) is 12.1 Å². The van der Waals surface area contributed by atoms with Gasteiger partial charge in [-0.05, 0) is 45.0 Å². The molecular formula is C25H28ClNO8. The van der Waals surface area contributed by atoms with Gasteiger partial charge in [-0.2, -0.15) is 0 Å². The highest BCUT2D eigenvalue weighted by molar-refractivity contribution is 6.18. The number of carbonyl (C=O) groups is 4. The highest BCUT2D eigenvalue weighted by atomic mass is 35.5. The van der Waals surface area contributed by atoms with E-state index in [9.17, 15) is 24.3 Å². The summed E-state index contributed by atoms with van der Waals surface area (Å²) in [6.45, 7) is 5.84. The molecule has 2 aromatic carbocycles. The number of rotatable bonds is 11. The van der Waals surface area contributed by atoms with Crippen LogP contribution in [-0.2, 0) is 23.8 Å². The molecular weight excluding hydrogens is 478 g/mol. The van der Waals surface area contributed by atoms with Crippen molar-refractivity contribution < 1.29 is 38.5 Å². The third-order valence-corrected chi connectivity index (χ3v) is 4.90. The second-order valence-corrected chi connectivity index (χ2v) is 8.87. The Labute approximate surface area is 208 Å². The molecule has 0 spiro atoms. The first-order valence-electron chi connectivity index (χ1n) is 10.8.